The van der Waals surface area contributed by atoms with E-state index in [4.69, 9.17) is 5.73 Å². The normalized spacial score (nSPS) is 11.3. The molecule has 0 unspecified atom stereocenters. The van der Waals surface area contributed by atoms with Crippen LogP contribution in [0.2, 0.25) is 0 Å². The Kier molecular flexibility index (Phi) is 4.36. The average molecular weight is 294 g/mol. The highest BCUT2D eigenvalue weighted by Crippen LogP contribution is 2.19. The summed E-state index contributed by atoms with van der Waals surface area (Å²) in [5.41, 5.74) is 6.77. The third-order valence-corrected chi connectivity index (χ3v) is 4.15. The lowest BCUT2D eigenvalue weighted by Crippen LogP contribution is -2.14. The zero-order valence-corrected chi connectivity index (χ0v) is 11.5. The molecule has 0 radical (unpaired) electrons. The summed E-state index contributed by atoms with van der Waals surface area (Å²) >= 11 is 0. The summed E-state index contributed by atoms with van der Waals surface area (Å²) in [4.78, 5) is -0.371. The maximum Gasteiger partial charge on any atom is 0.264 e. The molecule has 2 aromatic rings. The van der Waals surface area contributed by atoms with Gasteiger partial charge < -0.3 is 5.73 Å². The number of hydrogen-bond donors (Lipinski definition) is 2. The SMILES string of the molecule is NCCc1cccc(NS(=O)(=O)c2ccccc2F)c1. The molecular formula is C14H15FN2O2S. The van der Waals surface area contributed by atoms with Gasteiger partial charge in [0, 0.05) is 5.69 Å². The number of anilines is 1. The van der Waals surface area contributed by atoms with Gasteiger partial charge in [-0.2, -0.15) is 0 Å². The summed E-state index contributed by atoms with van der Waals surface area (Å²) in [7, 11) is -3.93. The van der Waals surface area contributed by atoms with E-state index in [-0.39, 0.29) is 4.90 Å². The highest BCUT2D eigenvalue weighted by molar-refractivity contribution is 7.92. The Hall–Kier alpha value is -1.92. The smallest absolute Gasteiger partial charge is 0.264 e. The lowest BCUT2D eigenvalue weighted by molar-refractivity contribution is 0.570. The van der Waals surface area contributed by atoms with Crippen molar-refractivity contribution in [2.45, 2.75) is 11.3 Å². The molecule has 0 aliphatic carbocycles. The second-order valence-electron chi connectivity index (χ2n) is 4.27. The predicted octanol–water partition coefficient (Wildman–Crippen LogP) is 2.13. The van der Waals surface area contributed by atoms with Crippen molar-refractivity contribution in [3.05, 3.63) is 59.9 Å². The molecule has 0 saturated heterocycles. The highest BCUT2D eigenvalue weighted by atomic mass is 32.2. The van der Waals surface area contributed by atoms with Crippen molar-refractivity contribution >= 4 is 15.7 Å². The van der Waals surface area contributed by atoms with E-state index in [9.17, 15) is 12.8 Å². The van der Waals surface area contributed by atoms with E-state index in [1.54, 1.807) is 18.2 Å². The van der Waals surface area contributed by atoms with E-state index in [1.165, 1.54) is 18.2 Å². The summed E-state index contributed by atoms with van der Waals surface area (Å²) < 4.78 is 40.1. The van der Waals surface area contributed by atoms with Gasteiger partial charge in [-0.05, 0) is 42.8 Å². The molecule has 6 heteroatoms. The minimum absolute atomic E-state index is 0.371. The molecule has 0 heterocycles. The van der Waals surface area contributed by atoms with Gasteiger partial charge in [0.2, 0.25) is 0 Å². The van der Waals surface area contributed by atoms with Gasteiger partial charge in [0.15, 0.2) is 0 Å². The minimum atomic E-state index is -3.93. The third kappa shape index (κ3) is 3.34. The molecule has 20 heavy (non-hydrogen) atoms. The number of halogens is 1. The zero-order chi connectivity index (χ0) is 14.6. The summed E-state index contributed by atoms with van der Waals surface area (Å²) in [6.45, 7) is 0.476. The zero-order valence-electron chi connectivity index (χ0n) is 10.7. The summed E-state index contributed by atoms with van der Waals surface area (Å²) in [6.07, 6.45) is 0.648. The van der Waals surface area contributed by atoms with Crippen LogP contribution in [0.15, 0.2) is 53.4 Å². The molecule has 2 aromatic carbocycles. The first-order valence-corrected chi connectivity index (χ1v) is 7.57. The van der Waals surface area contributed by atoms with E-state index >= 15 is 0 Å². The molecular weight excluding hydrogens is 279 g/mol. The molecule has 4 nitrogen and oxygen atoms in total. The molecule has 0 fully saturated rings. The Bertz CT molecular complexity index is 702. The number of nitrogens with two attached hydrogens (primary N) is 1. The molecule has 0 aromatic heterocycles. The van der Waals surface area contributed by atoms with Gasteiger partial charge in [-0.25, -0.2) is 12.8 Å². The van der Waals surface area contributed by atoms with Crippen LogP contribution in [0.3, 0.4) is 0 Å². The van der Waals surface area contributed by atoms with Crippen LogP contribution in [-0.2, 0) is 16.4 Å². The van der Waals surface area contributed by atoms with Crippen molar-refractivity contribution in [1.82, 2.24) is 0 Å². The Morgan fingerprint density at radius 3 is 2.55 bits per heavy atom. The molecule has 0 aliphatic heterocycles. The topological polar surface area (TPSA) is 72.2 Å². The number of sulfonamides is 1. The summed E-state index contributed by atoms with van der Waals surface area (Å²) in [5, 5.41) is 0. The van der Waals surface area contributed by atoms with Crippen LogP contribution >= 0.6 is 0 Å². The van der Waals surface area contributed by atoms with E-state index in [0.29, 0.717) is 18.7 Å². The Labute approximate surface area is 117 Å². The molecule has 0 saturated carbocycles. The van der Waals surface area contributed by atoms with Gasteiger partial charge in [0.25, 0.3) is 10.0 Å². The average Bonchev–Trinajstić information content (AvgIpc) is 2.39. The number of nitrogens with one attached hydrogen (secondary N) is 1. The van der Waals surface area contributed by atoms with Gasteiger partial charge in [-0.15, -0.1) is 0 Å². The fraction of sp³-hybridized carbons (Fsp3) is 0.143. The molecule has 3 N–H and O–H groups in total. The van der Waals surface area contributed by atoms with Crippen LogP contribution in [0.1, 0.15) is 5.56 Å². The number of rotatable bonds is 5. The second kappa shape index (κ2) is 6.02. The monoisotopic (exact) mass is 294 g/mol. The van der Waals surface area contributed by atoms with Crippen molar-refractivity contribution in [3.63, 3.8) is 0 Å². The minimum Gasteiger partial charge on any atom is -0.330 e. The van der Waals surface area contributed by atoms with Crippen LogP contribution in [0, 0.1) is 5.82 Å². The maximum absolute atomic E-state index is 13.6. The van der Waals surface area contributed by atoms with Crippen LogP contribution in [-0.4, -0.2) is 15.0 Å². The lowest BCUT2D eigenvalue weighted by Gasteiger charge is -2.10. The van der Waals surface area contributed by atoms with Crippen molar-refractivity contribution in [2.75, 3.05) is 11.3 Å². The van der Waals surface area contributed by atoms with Crippen LogP contribution in [0.4, 0.5) is 10.1 Å². The van der Waals surface area contributed by atoms with E-state index in [2.05, 4.69) is 4.72 Å². The molecule has 106 valence electrons. The first-order valence-electron chi connectivity index (χ1n) is 6.09. The van der Waals surface area contributed by atoms with E-state index in [1.807, 2.05) is 6.07 Å². The summed E-state index contributed by atoms with van der Waals surface area (Å²) in [6, 6.07) is 12.1. The lowest BCUT2D eigenvalue weighted by atomic mass is 10.1. The van der Waals surface area contributed by atoms with Crippen molar-refractivity contribution in [2.24, 2.45) is 5.73 Å². The highest BCUT2D eigenvalue weighted by Gasteiger charge is 2.18. The maximum atomic E-state index is 13.6. The Morgan fingerprint density at radius 2 is 1.85 bits per heavy atom. The fourth-order valence-corrected chi connectivity index (χ4v) is 2.96. The molecule has 0 amide bonds. The Morgan fingerprint density at radius 1 is 1.10 bits per heavy atom. The van der Waals surface area contributed by atoms with E-state index in [0.717, 1.165) is 11.6 Å². The first-order chi connectivity index (χ1) is 9.53. The van der Waals surface area contributed by atoms with Gasteiger partial charge in [0.05, 0.1) is 0 Å². The molecule has 2 rings (SSSR count). The van der Waals surface area contributed by atoms with Crippen molar-refractivity contribution < 1.29 is 12.8 Å². The van der Waals surface area contributed by atoms with Crippen molar-refractivity contribution in [3.8, 4) is 0 Å². The van der Waals surface area contributed by atoms with Gasteiger partial charge >= 0.3 is 0 Å². The predicted molar refractivity (Wildman–Crippen MR) is 76.4 cm³/mol. The number of hydrogen-bond acceptors (Lipinski definition) is 3. The van der Waals surface area contributed by atoms with Gasteiger partial charge in [0.1, 0.15) is 10.7 Å². The van der Waals surface area contributed by atoms with Crippen molar-refractivity contribution in [1.29, 1.82) is 0 Å². The quantitative estimate of drug-likeness (QED) is 0.887. The van der Waals surface area contributed by atoms with Crippen LogP contribution in [0.5, 0.6) is 0 Å². The largest absolute Gasteiger partial charge is 0.330 e. The molecule has 0 atom stereocenters. The van der Waals surface area contributed by atoms with Crippen LogP contribution in [0.25, 0.3) is 0 Å². The Balaban J connectivity index is 2.29. The molecule has 0 aliphatic rings. The van der Waals surface area contributed by atoms with E-state index < -0.39 is 15.8 Å². The molecule has 0 bridgehead atoms. The molecule has 0 spiro atoms. The summed E-state index contributed by atoms with van der Waals surface area (Å²) in [5.74, 6) is -0.780. The number of benzene rings is 2. The van der Waals surface area contributed by atoms with Gasteiger partial charge in [-0.3, -0.25) is 4.72 Å². The first kappa shape index (κ1) is 14.5. The van der Waals surface area contributed by atoms with Crippen LogP contribution < -0.4 is 10.5 Å². The second-order valence-corrected chi connectivity index (χ2v) is 5.93. The fourth-order valence-electron chi connectivity index (χ4n) is 1.83. The standard InChI is InChI=1S/C14H15FN2O2S/c15-13-6-1-2-7-14(13)20(18,19)17-12-5-3-4-11(10-12)8-9-16/h1-7,10,17H,8-9,16H2. The third-order valence-electron chi connectivity index (χ3n) is 2.74. The van der Waals surface area contributed by atoms with Gasteiger partial charge in [-0.1, -0.05) is 24.3 Å².